The van der Waals surface area contributed by atoms with Gasteiger partial charge in [-0.3, -0.25) is 4.79 Å². The predicted molar refractivity (Wildman–Crippen MR) is 67.0 cm³/mol. The maximum absolute atomic E-state index is 11.9. The van der Waals surface area contributed by atoms with Gasteiger partial charge in [0.25, 0.3) is 0 Å². The van der Waals surface area contributed by atoms with Gasteiger partial charge in [0.05, 0.1) is 0 Å². The molecule has 3 heteroatoms. The van der Waals surface area contributed by atoms with Gasteiger partial charge in [-0.05, 0) is 31.7 Å². The van der Waals surface area contributed by atoms with Crippen LogP contribution in [-0.2, 0) is 4.79 Å². The molecule has 0 bridgehead atoms. The summed E-state index contributed by atoms with van der Waals surface area (Å²) in [6.07, 6.45) is 7.05. The molecule has 94 valence electrons. The zero-order valence-electron chi connectivity index (χ0n) is 10.7. The van der Waals surface area contributed by atoms with Gasteiger partial charge in [-0.2, -0.15) is 0 Å². The van der Waals surface area contributed by atoms with Gasteiger partial charge >= 0.3 is 0 Å². The van der Waals surface area contributed by atoms with Crippen molar-refractivity contribution in [3.63, 3.8) is 0 Å². The van der Waals surface area contributed by atoms with Crippen molar-refractivity contribution >= 4 is 5.91 Å². The van der Waals surface area contributed by atoms with Crippen LogP contribution in [0.1, 0.15) is 52.4 Å². The molecule has 3 atom stereocenters. The van der Waals surface area contributed by atoms with Crippen LogP contribution in [0.4, 0.5) is 0 Å². The summed E-state index contributed by atoms with van der Waals surface area (Å²) >= 11 is 0. The summed E-state index contributed by atoms with van der Waals surface area (Å²) in [5.74, 6) is 0.862. The van der Waals surface area contributed by atoms with E-state index < -0.39 is 0 Å². The molecule has 0 aliphatic heterocycles. The molecule has 1 aliphatic rings. The second kappa shape index (κ2) is 6.89. The number of nitrogens with two attached hydrogens (primary N) is 1. The zero-order valence-corrected chi connectivity index (χ0v) is 10.7. The lowest BCUT2D eigenvalue weighted by Crippen LogP contribution is -2.41. The molecule has 1 rings (SSSR count). The molecule has 16 heavy (non-hydrogen) atoms. The van der Waals surface area contributed by atoms with E-state index in [-0.39, 0.29) is 11.8 Å². The van der Waals surface area contributed by atoms with E-state index in [1.165, 1.54) is 25.7 Å². The second-order valence-corrected chi connectivity index (χ2v) is 5.21. The van der Waals surface area contributed by atoms with Crippen LogP contribution in [0.5, 0.6) is 0 Å². The van der Waals surface area contributed by atoms with Crippen LogP contribution < -0.4 is 11.1 Å². The Kier molecular flexibility index (Phi) is 5.81. The lowest BCUT2D eigenvalue weighted by Gasteiger charge is -2.24. The summed E-state index contributed by atoms with van der Waals surface area (Å²) in [6, 6.07) is 0.384. The van der Waals surface area contributed by atoms with Crippen LogP contribution in [0.2, 0.25) is 0 Å². The zero-order chi connectivity index (χ0) is 12.0. The standard InChI is InChI=1S/C13H26N2O/c1-10-6-4-3-5-7-12(10)15-13(16)11(2)8-9-14/h10-12H,3-9,14H2,1-2H3,(H,15,16). The van der Waals surface area contributed by atoms with E-state index in [0.29, 0.717) is 18.5 Å². The molecule has 3 nitrogen and oxygen atoms in total. The minimum Gasteiger partial charge on any atom is -0.353 e. The maximum atomic E-state index is 11.9. The van der Waals surface area contributed by atoms with Crippen molar-refractivity contribution in [2.24, 2.45) is 17.6 Å². The lowest BCUT2D eigenvalue weighted by atomic mass is 9.96. The van der Waals surface area contributed by atoms with Crippen molar-refractivity contribution in [1.29, 1.82) is 0 Å². The minimum absolute atomic E-state index is 0.0560. The third-order valence-corrected chi connectivity index (χ3v) is 3.74. The largest absolute Gasteiger partial charge is 0.353 e. The Labute approximate surface area is 99.2 Å². The van der Waals surface area contributed by atoms with Crippen molar-refractivity contribution in [3.8, 4) is 0 Å². The highest BCUT2D eigenvalue weighted by Crippen LogP contribution is 2.23. The SMILES string of the molecule is CC(CCN)C(=O)NC1CCCCCC1C. The number of amides is 1. The maximum Gasteiger partial charge on any atom is 0.223 e. The van der Waals surface area contributed by atoms with Gasteiger partial charge in [-0.25, -0.2) is 0 Å². The first kappa shape index (κ1) is 13.5. The molecular formula is C13H26N2O. The number of carbonyl (C=O) groups excluding carboxylic acids is 1. The Morgan fingerprint density at radius 2 is 2.06 bits per heavy atom. The third kappa shape index (κ3) is 4.12. The first-order valence-electron chi connectivity index (χ1n) is 6.65. The highest BCUT2D eigenvalue weighted by molar-refractivity contribution is 5.78. The van der Waals surface area contributed by atoms with Crippen molar-refractivity contribution in [1.82, 2.24) is 5.32 Å². The van der Waals surface area contributed by atoms with Crippen LogP contribution in [0.15, 0.2) is 0 Å². The molecule has 1 saturated carbocycles. The van der Waals surface area contributed by atoms with Crippen LogP contribution in [0.3, 0.4) is 0 Å². The molecule has 0 heterocycles. The molecular weight excluding hydrogens is 200 g/mol. The van der Waals surface area contributed by atoms with Crippen LogP contribution in [0, 0.1) is 11.8 Å². The number of hydrogen-bond donors (Lipinski definition) is 2. The van der Waals surface area contributed by atoms with Crippen LogP contribution in [0.25, 0.3) is 0 Å². The first-order valence-corrected chi connectivity index (χ1v) is 6.65. The van der Waals surface area contributed by atoms with Crippen molar-refractivity contribution < 1.29 is 4.79 Å². The Balaban J connectivity index is 2.41. The molecule has 0 aromatic heterocycles. The highest BCUT2D eigenvalue weighted by Gasteiger charge is 2.23. The van der Waals surface area contributed by atoms with Gasteiger partial charge < -0.3 is 11.1 Å². The third-order valence-electron chi connectivity index (χ3n) is 3.74. The lowest BCUT2D eigenvalue weighted by molar-refractivity contribution is -0.125. The fourth-order valence-corrected chi connectivity index (χ4v) is 2.41. The van der Waals surface area contributed by atoms with Crippen LogP contribution in [-0.4, -0.2) is 18.5 Å². The first-order chi connectivity index (χ1) is 7.65. The van der Waals surface area contributed by atoms with Crippen molar-refractivity contribution in [2.75, 3.05) is 6.54 Å². The number of carbonyl (C=O) groups is 1. The molecule has 1 amide bonds. The fraction of sp³-hybridized carbons (Fsp3) is 0.923. The minimum atomic E-state index is 0.0560. The van der Waals surface area contributed by atoms with Gasteiger partial charge in [0.2, 0.25) is 5.91 Å². The molecule has 3 N–H and O–H groups in total. The molecule has 0 aromatic carbocycles. The van der Waals surface area contributed by atoms with Crippen molar-refractivity contribution in [2.45, 2.75) is 58.4 Å². The normalized spacial score (nSPS) is 28.2. The Bertz CT molecular complexity index is 218. The van der Waals surface area contributed by atoms with E-state index in [1.54, 1.807) is 0 Å². The Morgan fingerprint density at radius 1 is 1.38 bits per heavy atom. The summed E-state index contributed by atoms with van der Waals surface area (Å²) in [5, 5.41) is 3.20. The fourth-order valence-electron chi connectivity index (χ4n) is 2.41. The summed E-state index contributed by atoms with van der Waals surface area (Å²) < 4.78 is 0. The van der Waals surface area contributed by atoms with Crippen molar-refractivity contribution in [3.05, 3.63) is 0 Å². The molecule has 1 fully saturated rings. The molecule has 0 aromatic rings. The van der Waals surface area contributed by atoms with Gasteiger partial charge in [0.1, 0.15) is 0 Å². The second-order valence-electron chi connectivity index (χ2n) is 5.21. The van der Waals surface area contributed by atoms with E-state index in [4.69, 9.17) is 5.73 Å². The topological polar surface area (TPSA) is 55.1 Å². The smallest absolute Gasteiger partial charge is 0.223 e. The van der Waals surface area contributed by atoms with E-state index in [9.17, 15) is 4.79 Å². The predicted octanol–water partition coefficient (Wildman–Crippen LogP) is 2.06. The number of hydrogen-bond acceptors (Lipinski definition) is 2. The highest BCUT2D eigenvalue weighted by atomic mass is 16.1. The molecule has 3 unspecified atom stereocenters. The summed E-state index contributed by atoms with van der Waals surface area (Å²) in [6.45, 7) is 4.81. The Morgan fingerprint density at radius 3 is 2.75 bits per heavy atom. The van der Waals surface area contributed by atoms with Gasteiger partial charge in [-0.1, -0.05) is 33.1 Å². The summed E-state index contributed by atoms with van der Waals surface area (Å²) in [7, 11) is 0. The average molecular weight is 226 g/mol. The van der Waals surface area contributed by atoms with E-state index in [1.807, 2.05) is 6.92 Å². The molecule has 0 saturated heterocycles. The molecule has 0 radical (unpaired) electrons. The summed E-state index contributed by atoms with van der Waals surface area (Å²) in [4.78, 5) is 11.9. The molecule has 1 aliphatic carbocycles. The quantitative estimate of drug-likeness (QED) is 0.721. The Hall–Kier alpha value is -0.570. The monoisotopic (exact) mass is 226 g/mol. The number of rotatable bonds is 4. The van der Waals surface area contributed by atoms with Gasteiger partial charge in [0.15, 0.2) is 0 Å². The van der Waals surface area contributed by atoms with Gasteiger partial charge in [-0.15, -0.1) is 0 Å². The number of nitrogens with one attached hydrogen (secondary N) is 1. The molecule has 0 spiro atoms. The van der Waals surface area contributed by atoms with E-state index in [2.05, 4.69) is 12.2 Å². The average Bonchev–Trinajstić information content (AvgIpc) is 2.45. The van der Waals surface area contributed by atoms with E-state index >= 15 is 0 Å². The summed E-state index contributed by atoms with van der Waals surface area (Å²) in [5.41, 5.74) is 5.47. The van der Waals surface area contributed by atoms with Gasteiger partial charge in [0, 0.05) is 12.0 Å². The van der Waals surface area contributed by atoms with Crippen LogP contribution >= 0.6 is 0 Å². The van der Waals surface area contributed by atoms with E-state index in [0.717, 1.165) is 12.8 Å².